The molecular weight excluding hydrogens is 369 g/mol. The van der Waals surface area contributed by atoms with Crippen molar-refractivity contribution in [2.45, 2.75) is 98.5 Å². The first-order valence-corrected chi connectivity index (χ1v) is 9.40. The maximum atomic E-state index is 13.2. The van der Waals surface area contributed by atoms with E-state index in [2.05, 4.69) is 0 Å². The maximum absolute atomic E-state index is 13.2. The highest BCUT2D eigenvalue weighted by Gasteiger charge is 2.42. The predicted molar refractivity (Wildman–Crippen MR) is 104 cm³/mol. The maximum Gasteiger partial charge on any atom is 0.420 e. The standard InChI is InChI=1S/C20H36FNO6/c1-13(12-21)11-14(15(23)26-18(2,3)4)22(16(24)27-19(5,6)7)17(25)28-20(8,9)10/h13-14H,11-12H2,1-10H3/t13-,14+/m1/s1. The summed E-state index contributed by atoms with van der Waals surface area (Å²) in [5, 5.41) is 0. The molecule has 0 fully saturated rings. The van der Waals surface area contributed by atoms with Gasteiger partial charge in [-0.1, -0.05) is 6.92 Å². The first-order chi connectivity index (χ1) is 12.4. The van der Waals surface area contributed by atoms with Gasteiger partial charge in [-0.05, 0) is 74.7 Å². The van der Waals surface area contributed by atoms with E-state index in [9.17, 15) is 18.8 Å². The van der Waals surface area contributed by atoms with Crippen molar-refractivity contribution >= 4 is 18.2 Å². The molecule has 0 aromatic rings. The van der Waals surface area contributed by atoms with Crippen LogP contribution in [-0.2, 0) is 19.0 Å². The summed E-state index contributed by atoms with van der Waals surface area (Å²) >= 11 is 0. The Bertz CT molecular complexity index is 529. The first kappa shape index (κ1) is 26.1. The van der Waals surface area contributed by atoms with E-state index in [0.29, 0.717) is 4.90 Å². The molecule has 0 unspecified atom stereocenters. The van der Waals surface area contributed by atoms with Crippen LogP contribution in [0, 0.1) is 5.92 Å². The lowest BCUT2D eigenvalue weighted by molar-refractivity contribution is -0.161. The SMILES string of the molecule is C[C@@H](CF)C[C@@H](C(=O)OC(C)(C)C)N(C(=O)OC(C)(C)C)C(=O)OC(C)(C)C. The van der Waals surface area contributed by atoms with Gasteiger partial charge in [-0.15, -0.1) is 0 Å². The minimum Gasteiger partial charge on any atom is -0.458 e. The summed E-state index contributed by atoms with van der Waals surface area (Å²) in [5.41, 5.74) is -2.69. The Labute approximate surface area is 167 Å². The topological polar surface area (TPSA) is 82.1 Å². The number of hydrogen-bond donors (Lipinski definition) is 0. The second-order valence-electron chi connectivity index (χ2n) is 9.88. The molecule has 2 atom stereocenters. The molecule has 0 rings (SSSR count). The summed E-state index contributed by atoms with van der Waals surface area (Å²) in [6.07, 6.45) is -2.23. The minimum atomic E-state index is -1.38. The molecule has 164 valence electrons. The zero-order valence-electron chi connectivity index (χ0n) is 18.8. The van der Waals surface area contributed by atoms with Gasteiger partial charge in [-0.2, -0.15) is 4.90 Å². The minimum absolute atomic E-state index is 0.121. The molecule has 0 aromatic heterocycles. The highest BCUT2D eigenvalue weighted by molar-refractivity contribution is 5.94. The largest absolute Gasteiger partial charge is 0.458 e. The first-order valence-electron chi connectivity index (χ1n) is 9.40. The summed E-state index contributed by atoms with van der Waals surface area (Å²) in [6.45, 7) is 15.6. The number of halogens is 1. The third kappa shape index (κ3) is 10.5. The van der Waals surface area contributed by atoms with Crippen LogP contribution >= 0.6 is 0 Å². The van der Waals surface area contributed by atoms with Gasteiger partial charge in [0.25, 0.3) is 0 Å². The second-order valence-corrected chi connectivity index (χ2v) is 9.88. The zero-order valence-corrected chi connectivity index (χ0v) is 18.8. The second kappa shape index (κ2) is 9.56. The van der Waals surface area contributed by atoms with Crippen molar-refractivity contribution in [3.63, 3.8) is 0 Å². The molecular formula is C20H36FNO6. The fourth-order valence-corrected chi connectivity index (χ4v) is 2.07. The fourth-order valence-electron chi connectivity index (χ4n) is 2.07. The number of esters is 1. The Morgan fingerprint density at radius 1 is 0.786 bits per heavy atom. The Kier molecular flexibility index (Phi) is 8.93. The molecule has 8 heteroatoms. The van der Waals surface area contributed by atoms with E-state index >= 15 is 0 Å². The lowest BCUT2D eigenvalue weighted by Gasteiger charge is -2.34. The van der Waals surface area contributed by atoms with Gasteiger partial charge in [-0.3, -0.25) is 4.39 Å². The predicted octanol–water partition coefficient (Wildman–Crippen LogP) is 4.86. The quantitative estimate of drug-likeness (QED) is 0.480. The molecule has 0 spiro atoms. The Morgan fingerprint density at radius 2 is 1.14 bits per heavy atom. The summed E-state index contributed by atoms with van der Waals surface area (Å²) in [5.74, 6) is -1.42. The average molecular weight is 406 g/mol. The van der Waals surface area contributed by atoms with Crippen LogP contribution in [0.15, 0.2) is 0 Å². The van der Waals surface area contributed by atoms with E-state index in [0.717, 1.165) is 0 Å². The Balaban J connectivity index is 6.06. The van der Waals surface area contributed by atoms with Crippen LogP contribution in [0.5, 0.6) is 0 Å². The number of hydrogen-bond acceptors (Lipinski definition) is 6. The van der Waals surface area contributed by atoms with Crippen LogP contribution < -0.4 is 0 Å². The molecule has 0 saturated heterocycles. The molecule has 0 bridgehead atoms. The number of ether oxygens (including phenoxy) is 3. The van der Waals surface area contributed by atoms with Gasteiger partial charge in [0.1, 0.15) is 22.8 Å². The molecule has 0 aliphatic heterocycles. The average Bonchev–Trinajstić information content (AvgIpc) is 2.40. The molecule has 0 radical (unpaired) electrons. The summed E-state index contributed by atoms with van der Waals surface area (Å²) < 4.78 is 29.1. The van der Waals surface area contributed by atoms with E-state index in [1.165, 1.54) is 0 Å². The third-order valence-electron chi connectivity index (χ3n) is 3.06. The van der Waals surface area contributed by atoms with Gasteiger partial charge in [0.05, 0.1) is 6.67 Å². The molecule has 7 nitrogen and oxygen atoms in total. The van der Waals surface area contributed by atoms with Crippen molar-refractivity contribution < 1.29 is 33.0 Å². The number of rotatable bonds is 5. The molecule has 0 aromatic carbocycles. The Morgan fingerprint density at radius 3 is 1.43 bits per heavy atom. The van der Waals surface area contributed by atoms with Crippen LogP contribution in [0.3, 0.4) is 0 Å². The van der Waals surface area contributed by atoms with E-state index < -0.39 is 53.6 Å². The Hall–Kier alpha value is -1.86. The van der Waals surface area contributed by atoms with Gasteiger partial charge < -0.3 is 14.2 Å². The van der Waals surface area contributed by atoms with Gasteiger partial charge in [-0.25, -0.2) is 14.4 Å². The monoisotopic (exact) mass is 405 g/mol. The van der Waals surface area contributed by atoms with Gasteiger partial charge >= 0.3 is 18.2 Å². The summed E-state index contributed by atoms with van der Waals surface area (Å²) in [6, 6.07) is -1.38. The highest BCUT2D eigenvalue weighted by atomic mass is 19.1. The van der Waals surface area contributed by atoms with E-state index in [4.69, 9.17) is 14.2 Å². The van der Waals surface area contributed by atoms with Crippen molar-refractivity contribution in [3.8, 4) is 0 Å². The van der Waals surface area contributed by atoms with Crippen molar-refractivity contribution in [2.24, 2.45) is 5.92 Å². The van der Waals surface area contributed by atoms with Crippen LogP contribution in [-0.4, -0.2) is 52.6 Å². The smallest absolute Gasteiger partial charge is 0.420 e. The molecule has 0 saturated carbocycles. The van der Waals surface area contributed by atoms with Crippen molar-refractivity contribution in [1.29, 1.82) is 0 Å². The van der Waals surface area contributed by atoms with Gasteiger partial charge in [0.15, 0.2) is 0 Å². The van der Waals surface area contributed by atoms with E-state index in [1.807, 2.05) is 0 Å². The lowest BCUT2D eigenvalue weighted by atomic mass is 10.0. The van der Waals surface area contributed by atoms with Crippen molar-refractivity contribution in [1.82, 2.24) is 4.90 Å². The number of nitrogens with zero attached hydrogens (tertiary/aromatic N) is 1. The van der Waals surface area contributed by atoms with Gasteiger partial charge in [0.2, 0.25) is 0 Å². The van der Waals surface area contributed by atoms with Crippen LogP contribution in [0.1, 0.15) is 75.7 Å². The number of alkyl halides is 1. The molecule has 0 heterocycles. The number of carbonyl (C=O) groups excluding carboxylic acids is 3. The van der Waals surface area contributed by atoms with E-state index in [-0.39, 0.29) is 6.42 Å². The summed E-state index contributed by atoms with van der Waals surface area (Å²) in [4.78, 5) is 38.9. The molecule has 2 amide bonds. The van der Waals surface area contributed by atoms with Crippen LogP contribution in [0.25, 0.3) is 0 Å². The normalized spacial score (nSPS) is 14.7. The molecule has 28 heavy (non-hydrogen) atoms. The van der Waals surface area contributed by atoms with E-state index in [1.54, 1.807) is 69.2 Å². The number of carbonyl (C=O) groups is 3. The number of imide groups is 1. The van der Waals surface area contributed by atoms with Gasteiger partial charge in [0, 0.05) is 0 Å². The highest BCUT2D eigenvalue weighted by Crippen LogP contribution is 2.23. The molecule has 0 aliphatic rings. The van der Waals surface area contributed by atoms with Crippen molar-refractivity contribution in [3.05, 3.63) is 0 Å². The third-order valence-corrected chi connectivity index (χ3v) is 3.06. The zero-order chi connectivity index (χ0) is 22.5. The number of amides is 2. The molecule has 0 N–H and O–H groups in total. The molecule has 0 aliphatic carbocycles. The van der Waals surface area contributed by atoms with Crippen molar-refractivity contribution in [2.75, 3.05) is 6.67 Å². The lowest BCUT2D eigenvalue weighted by Crippen LogP contribution is -2.53. The fraction of sp³-hybridized carbons (Fsp3) is 0.850. The van der Waals surface area contributed by atoms with Crippen LogP contribution in [0.2, 0.25) is 0 Å². The summed E-state index contributed by atoms with van der Waals surface area (Å²) in [7, 11) is 0. The van der Waals surface area contributed by atoms with Crippen LogP contribution in [0.4, 0.5) is 14.0 Å².